The lowest BCUT2D eigenvalue weighted by atomic mass is 10.0. The van der Waals surface area contributed by atoms with Crippen molar-refractivity contribution in [2.45, 2.75) is 31.5 Å². The summed E-state index contributed by atoms with van der Waals surface area (Å²) in [6.45, 7) is -0.696. The molecule has 8 nitrogen and oxygen atoms in total. The number of aryl methyl sites for hydroxylation is 1. The van der Waals surface area contributed by atoms with Crippen molar-refractivity contribution in [3.05, 3.63) is 71.8 Å². The molecule has 154 valence electrons. The molecule has 8 heteroatoms. The van der Waals surface area contributed by atoms with Crippen molar-refractivity contribution in [2.24, 2.45) is 0 Å². The van der Waals surface area contributed by atoms with Gasteiger partial charge in [-0.3, -0.25) is 4.79 Å². The Labute approximate surface area is 168 Å². The first-order valence-electron chi connectivity index (χ1n) is 9.14. The predicted octanol–water partition coefficient (Wildman–Crippen LogP) is 1.48. The van der Waals surface area contributed by atoms with Gasteiger partial charge in [-0.25, -0.2) is 9.59 Å². The highest BCUT2D eigenvalue weighted by Crippen LogP contribution is 2.06. The van der Waals surface area contributed by atoms with Gasteiger partial charge < -0.3 is 25.6 Å². The van der Waals surface area contributed by atoms with Crippen molar-refractivity contribution in [1.82, 2.24) is 10.6 Å². The third-order valence-corrected chi connectivity index (χ3v) is 4.18. The molecule has 0 spiro atoms. The van der Waals surface area contributed by atoms with Crippen LogP contribution in [0.5, 0.6) is 0 Å². The number of carbonyl (C=O) groups excluding carboxylic acids is 2. The first-order chi connectivity index (χ1) is 14.0. The molecule has 4 N–H and O–H groups in total. The van der Waals surface area contributed by atoms with Crippen LogP contribution in [-0.2, 0) is 27.4 Å². The van der Waals surface area contributed by atoms with E-state index in [2.05, 4.69) is 10.6 Å². The maximum atomic E-state index is 12.3. The molecule has 2 rings (SSSR count). The predicted molar refractivity (Wildman–Crippen MR) is 105 cm³/mol. The SMILES string of the molecule is O=C(N[C@@H](CO)C(=O)N[C@H](CCc1ccccc1)C(=O)O)OCc1ccccc1. The molecule has 0 aromatic heterocycles. The summed E-state index contributed by atoms with van der Waals surface area (Å²) in [5.74, 6) is -2.00. The summed E-state index contributed by atoms with van der Waals surface area (Å²) >= 11 is 0. The van der Waals surface area contributed by atoms with Gasteiger partial charge in [-0.1, -0.05) is 60.7 Å². The summed E-state index contributed by atoms with van der Waals surface area (Å²) in [6.07, 6.45) is -0.268. The number of carboxylic acid groups (broad SMARTS) is 1. The van der Waals surface area contributed by atoms with E-state index in [4.69, 9.17) is 4.74 Å². The van der Waals surface area contributed by atoms with Gasteiger partial charge in [0.2, 0.25) is 5.91 Å². The van der Waals surface area contributed by atoms with Crippen molar-refractivity contribution in [3.63, 3.8) is 0 Å². The number of amides is 2. The number of benzene rings is 2. The van der Waals surface area contributed by atoms with Gasteiger partial charge in [-0.05, 0) is 24.0 Å². The molecule has 0 fully saturated rings. The number of carboxylic acids is 1. The Hall–Kier alpha value is -3.39. The summed E-state index contributed by atoms with van der Waals surface area (Å²) in [5, 5.41) is 23.4. The lowest BCUT2D eigenvalue weighted by molar-refractivity contribution is -0.142. The first kappa shape index (κ1) is 21.9. The zero-order valence-corrected chi connectivity index (χ0v) is 15.8. The van der Waals surface area contributed by atoms with E-state index < -0.39 is 36.7 Å². The summed E-state index contributed by atoms with van der Waals surface area (Å²) in [7, 11) is 0. The number of hydrogen-bond acceptors (Lipinski definition) is 5. The monoisotopic (exact) mass is 400 g/mol. The molecular formula is C21H24N2O6. The lowest BCUT2D eigenvalue weighted by Crippen LogP contribution is -2.53. The van der Waals surface area contributed by atoms with Crippen LogP contribution in [0, 0.1) is 0 Å². The fourth-order valence-electron chi connectivity index (χ4n) is 2.59. The van der Waals surface area contributed by atoms with Crippen LogP contribution < -0.4 is 10.6 Å². The first-order valence-corrected chi connectivity index (χ1v) is 9.14. The number of rotatable bonds is 10. The standard InChI is InChI=1S/C21H24N2O6/c24-13-18(23-21(28)29-14-16-9-5-2-6-10-16)19(25)22-17(20(26)27)12-11-15-7-3-1-4-8-15/h1-10,17-18,24H,11-14H2,(H,22,25)(H,23,28)(H,26,27)/t17-,18+/m1/s1. The van der Waals surface area contributed by atoms with Crippen LogP contribution >= 0.6 is 0 Å². The Morgan fingerprint density at radius 2 is 1.45 bits per heavy atom. The summed E-state index contributed by atoms with van der Waals surface area (Å²) in [5.41, 5.74) is 1.70. The van der Waals surface area contributed by atoms with E-state index in [-0.39, 0.29) is 13.0 Å². The van der Waals surface area contributed by atoms with E-state index in [1.807, 2.05) is 36.4 Å². The topological polar surface area (TPSA) is 125 Å². The van der Waals surface area contributed by atoms with E-state index in [0.717, 1.165) is 11.1 Å². The van der Waals surface area contributed by atoms with E-state index in [1.54, 1.807) is 24.3 Å². The van der Waals surface area contributed by atoms with Gasteiger partial charge >= 0.3 is 12.1 Å². The van der Waals surface area contributed by atoms with E-state index in [0.29, 0.717) is 6.42 Å². The average Bonchev–Trinajstić information content (AvgIpc) is 2.74. The highest BCUT2D eigenvalue weighted by molar-refractivity contribution is 5.89. The van der Waals surface area contributed by atoms with Crippen molar-refractivity contribution in [3.8, 4) is 0 Å². The van der Waals surface area contributed by atoms with Gasteiger partial charge in [0.1, 0.15) is 18.7 Å². The minimum atomic E-state index is -1.32. The largest absolute Gasteiger partial charge is 0.480 e. The summed E-state index contributed by atoms with van der Waals surface area (Å²) in [4.78, 5) is 35.6. The zero-order valence-electron chi connectivity index (χ0n) is 15.8. The highest BCUT2D eigenvalue weighted by Gasteiger charge is 2.26. The smallest absolute Gasteiger partial charge is 0.408 e. The molecule has 2 aromatic carbocycles. The second-order valence-electron chi connectivity index (χ2n) is 6.36. The molecule has 29 heavy (non-hydrogen) atoms. The second-order valence-corrected chi connectivity index (χ2v) is 6.36. The number of hydrogen-bond donors (Lipinski definition) is 4. The highest BCUT2D eigenvalue weighted by atomic mass is 16.5. The van der Waals surface area contributed by atoms with Crippen molar-refractivity contribution >= 4 is 18.0 Å². The van der Waals surface area contributed by atoms with Crippen LogP contribution in [0.1, 0.15) is 17.5 Å². The van der Waals surface area contributed by atoms with Gasteiger partial charge in [0.15, 0.2) is 0 Å². The van der Waals surface area contributed by atoms with Crippen LogP contribution in [-0.4, -0.2) is 46.9 Å². The van der Waals surface area contributed by atoms with Gasteiger partial charge in [-0.2, -0.15) is 0 Å². The molecule has 0 aliphatic heterocycles. The number of aliphatic hydroxyl groups is 1. The number of aliphatic hydroxyl groups excluding tert-OH is 1. The van der Waals surface area contributed by atoms with E-state index >= 15 is 0 Å². The molecule has 0 radical (unpaired) electrons. The van der Waals surface area contributed by atoms with Crippen molar-refractivity contribution in [2.75, 3.05) is 6.61 Å². The Morgan fingerprint density at radius 3 is 2.00 bits per heavy atom. The van der Waals surface area contributed by atoms with E-state index in [9.17, 15) is 24.6 Å². The van der Waals surface area contributed by atoms with Crippen LogP contribution in [0.25, 0.3) is 0 Å². The molecule has 0 aliphatic carbocycles. The van der Waals surface area contributed by atoms with Crippen LogP contribution in [0.15, 0.2) is 60.7 Å². The van der Waals surface area contributed by atoms with Gasteiger partial charge in [0.05, 0.1) is 6.61 Å². The molecule has 0 saturated carbocycles. The fraction of sp³-hybridized carbons (Fsp3) is 0.286. The Bertz CT molecular complexity index is 797. The second kappa shape index (κ2) is 11.5. The quantitative estimate of drug-likeness (QED) is 0.479. The number of nitrogens with one attached hydrogen (secondary N) is 2. The number of aliphatic carboxylic acids is 1. The third kappa shape index (κ3) is 7.63. The number of carbonyl (C=O) groups is 3. The van der Waals surface area contributed by atoms with Crippen molar-refractivity contribution < 1.29 is 29.3 Å². The maximum Gasteiger partial charge on any atom is 0.408 e. The fourth-order valence-corrected chi connectivity index (χ4v) is 2.59. The lowest BCUT2D eigenvalue weighted by Gasteiger charge is -2.20. The number of alkyl carbamates (subject to hydrolysis) is 1. The molecular weight excluding hydrogens is 376 g/mol. The Kier molecular flexibility index (Phi) is 8.65. The van der Waals surface area contributed by atoms with Gasteiger partial charge in [0.25, 0.3) is 0 Å². The molecule has 0 aliphatic rings. The molecule has 0 unspecified atom stereocenters. The molecule has 2 aromatic rings. The summed E-state index contributed by atoms with van der Waals surface area (Å²) in [6, 6.07) is 15.7. The van der Waals surface area contributed by atoms with Crippen LogP contribution in [0.3, 0.4) is 0 Å². The Balaban J connectivity index is 1.85. The minimum Gasteiger partial charge on any atom is -0.480 e. The molecule has 0 bridgehead atoms. The van der Waals surface area contributed by atoms with Crippen molar-refractivity contribution in [1.29, 1.82) is 0 Å². The Morgan fingerprint density at radius 1 is 0.862 bits per heavy atom. The summed E-state index contributed by atoms with van der Waals surface area (Å²) < 4.78 is 5.01. The third-order valence-electron chi connectivity index (χ3n) is 4.18. The number of ether oxygens (including phenoxy) is 1. The minimum absolute atomic E-state index is 0.00126. The molecule has 0 heterocycles. The van der Waals surface area contributed by atoms with Gasteiger partial charge in [-0.15, -0.1) is 0 Å². The zero-order chi connectivity index (χ0) is 21.1. The molecule has 0 saturated heterocycles. The van der Waals surface area contributed by atoms with Crippen LogP contribution in [0.4, 0.5) is 4.79 Å². The van der Waals surface area contributed by atoms with Gasteiger partial charge in [0, 0.05) is 0 Å². The molecule has 2 amide bonds. The molecule has 2 atom stereocenters. The normalized spacial score (nSPS) is 12.4. The van der Waals surface area contributed by atoms with E-state index in [1.165, 1.54) is 0 Å². The maximum absolute atomic E-state index is 12.3. The van der Waals surface area contributed by atoms with Crippen LogP contribution in [0.2, 0.25) is 0 Å². The average molecular weight is 400 g/mol.